The van der Waals surface area contributed by atoms with Crippen LogP contribution in [0.5, 0.6) is 0 Å². The molecule has 0 fully saturated rings. The monoisotopic (exact) mass is 405 g/mol. The van der Waals surface area contributed by atoms with Crippen LogP contribution < -0.4 is 4.72 Å². The number of fused-ring (bicyclic) bond motifs is 1. The van der Waals surface area contributed by atoms with Crippen molar-refractivity contribution in [1.29, 1.82) is 0 Å². The van der Waals surface area contributed by atoms with Crippen LogP contribution in [0, 0.1) is 6.92 Å². The molecule has 0 saturated carbocycles. The number of aryl methyl sites for hydroxylation is 1. The summed E-state index contributed by atoms with van der Waals surface area (Å²) < 4.78 is 28.6. The predicted molar refractivity (Wildman–Crippen MR) is 117 cm³/mol. The maximum absolute atomic E-state index is 12.9. The van der Waals surface area contributed by atoms with Crippen molar-refractivity contribution in [3.63, 3.8) is 0 Å². The number of nitrogens with one attached hydrogen (secondary N) is 1. The standard InChI is InChI=1S/C23H19NO2S2/c1-17-20-14-8-9-15-21(20)22(16-23(17)27-18-10-4-2-5-11-18)24-28(25,26)19-12-6-3-7-13-19/h2-16,24H,1H3. The molecule has 4 aromatic carbocycles. The van der Waals surface area contributed by atoms with E-state index in [0.29, 0.717) is 5.69 Å². The molecule has 140 valence electrons. The highest BCUT2D eigenvalue weighted by Crippen LogP contribution is 2.38. The Morgan fingerprint density at radius 3 is 2.00 bits per heavy atom. The van der Waals surface area contributed by atoms with Crippen molar-refractivity contribution in [1.82, 2.24) is 0 Å². The molecule has 0 aliphatic heterocycles. The Balaban J connectivity index is 1.82. The second-order valence-electron chi connectivity index (χ2n) is 6.43. The maximum atomic E-state index is 12.9. The van der Waals surface area contributed by atoms with Crippen molar-refractivity contribution < 1.29 is 8.42 Å². The summed E-state index contributed by atoms with van der Waals surface area (Å²) in [6, 6.07) is 28.3. The lowest BCUT2D eigenvalue weighted by Gasteiger charge is -2.16. The third-order valence-electron chi connectivity index (χ3n) is 4.54. The smallest absolute Gasteiger partial charge is 0.261 e. The highest BCUT2D eigenvalue weighted by Gasteiger charge is 2.17. The molecule has 0 bridgehead atoms. The zero-order valence-corrected chi connectivity index (χ0v) is 16.9. The van der Waals surface area contributed by atoms with Gasteiger partial charge < -0.3 is 0 Å². The van der Waals surface area contributed by atoms with Gasteiger partial charge in [0.25, 0.3) is 10.0 Å². The molecule has 1 N–H and O–H groups in total. The maximum Gasteiger partial charge on any atom is 0.261 e. The second kappa shape index (κ2) is 7.70. The molecule has 0 aliphatic rings. The summed E-state index contributed by atoms with van der Waals surface area (Å²) in [5, 5.41) is 1.92. The first-order valence-electron chi connectivity index (χ1n) is 8.88. The molecule has 5 heteroatoms. The van der Waals surface area contributed by atoms with Crippen LogP contribution in [0.3, 0.4) is 0 Å². The molecule has 3 nitrogen and oxygen atoms in total. The van der Waals surface area contributed by atoms with Gasteiger partial charge in [-0.1, -0.05) is 72.4 Å². The quantitative estimate of drug-likeness (QED) is 0.436. The van der Waals surface area contributed by atoms with E-state index in [1.54, 1.807) is 42.1 Å². The van der Waals surface area contributed by atoms with Gasteiger partial charge in [-0.2, -0.15) is 0 Å². The molecule has 4 rings (SSSR count). The minimum Gasteiger partial charge on any atom is -0.279 e. The van der Waals surface area contributed by atoms with Crippen molar-refractivity contribution in [2.24, 2.45) is 0 Å². The SMILES string of the molecule is Cc1c(Sc2ccccc2)cc(NS(=O)(=O)c2ccccc2)c2ccccc12. The zero-order chi connectivity index (χ0) is 19.6. The predicted octanol–water partition coefficient (Wildman–Crippen LogP) is 6.10. The van der Waals surface area contributed by atoms with E-state index in [4.69, 9.17) is 0 Å². The summed E-state index contributed by atoms with van der Waals surface area (Å²) in [6.45, 7) is 2.07. The Hall–Kier alpha value is -2.76. The molecule has 0 spiro atoms. The Labute approximate surface area is 169 Å². The van der Waals surface area contributed by atoms with Gasteiger partial charge >= 0.3 is 0 Å². The van der Waals surface area contributed by atoms with Crippen molar-refractivity contribution in [3.8, 4) is 0 Å². The van der Waals surface area contributed by atoms with E-state index in [-0.39, 0.29) is 4.90 Å². The van der Waals surface area contributed by atoms with Crippen molar-refractivity contribution in [2.75, 3.05) is 4.72 Å². The molecule has 0 saturated heterocycles. The third kappa shape index (κ3) is 3.77. The van der Waals surface area contributed by atoms with Crippen LogP contribution in [0.2, 0.25) is 0 Å². The first kappa shape index (κ1) is 18.6. The number of sulfonamides is 1. The van der Waals surface area contributed by atoms with E-state index in [9.17, 15) is 8.42 Å². The lowest BCUT2D eigenvalue weighted by atomic mass is 10.0. The van der Waals surface area contributed by atoms with E-state index < -0.39 is 10.0 Å². The Kier molecular flexibility index (Phi) is 5.11. The van der Waals surface area contributed by atoms with E-state index in [1.165, 1.54) is 0 Å². The lowest BCUT2D eigenvalue weighted by Crippen LogP contribution is -2.13. The average molecular weight is 406 g/mol. The van der Waals surface area contributed by atoms with Gasteiger partial charge in [0.2, 0.25) is 0 Å². The normalized spacial score (nSPS) is 11.5. The fraction of sp³-hybridized carbons (Fsp3) is 0.0435. The highest BCUT2D eigenvalue weighted by atomic mass is 32.2. The summed E-state index contributed by atoms with van der Waals surface area (Å²) in [6.07, 6.45) is 0. The zero-order valence-electron chi connectivity index (χ0n) is 15.3. The summed E-state index contributed by atoms with van der Waals surface area (Å²) in [5.41, 5.74) is 1.72. The van der Waals surface area contributed by atoms with Crippen LogP contribution >= 0.6 is 11.8 Å². The summed E-state index contributed by atoms with van der Waals surface area (Å²) in [4.78, 5) is 2.38. The minimum atomic E-state index is -3.67. The van der Waals surface area contributed by atoms with Crippen LogP contribution in [0.15, 0.2) is 106 Å². The first-order chi connectivity index (χ1) is 13.5. The van der Waals surface area contributed by atoms with E-state index in [1.807, 2.05) is 60.7 Å². The number of rotatable bonds is 5. The van der Waals surface area contributed by atoms with Gasteiger partial charge in [-0.3, -0.25) is 4.72 Å². The van der Waals surface area contributed by atoms with E-state index >= 15 is 0 Å². The number of hydrogen-bond acceptors (Lipinski definition) is 3. The lowest BCUT2D eigenvalue weighted by molar-refractivity contribution is 0.601. The molecular formula is C23H19NO2S2. The van der Waals surface area contributed by atoms with Crippen molar-refractivity contribution in [3.05, 3.63) is 96.6 Å². The summed E-state index contributed by atoms with van der Waals surface area (Å²) in [5.74, 6) is 0. The first-order valence-corrected chi connectivity index (χ1v) is 11.2. The van der Waals surface area contributed by atoms with Crippen molar-refractivity contribution >= 4 is 38.2 Å². The Morgan fingerprint density at radius 1 is 0.750 bits per heavy atom. The molecule has 0 atom stereocenters. The van der Waals surface area contributed by atoms with Gasteiger partial charge in [-0.25, -0.2) is 8.42 Å². The van der Waals surface area contributed by atoms with Crippen LogP contribution in [-0.4, -0.2) is 8.42 Å². The molecule has 0 radical (unpaired) electrons. The number of benzene rings is 4. The molecule has 0 unspecified atom stereocenters. The van der Waals surface area contributed by atoms with Crippen LogP contribution in [0.4, 0.5) is 5.69 Å². The average Bonchev–Trinajstić information content (AvgIpc) is 2.73. The van der Waals surface area contributed by atoms with Gasteiger partial charge in [0.1, 0.15) is 0 Å². The second-order valence-corrected chi connectivity index (χ2v) is 9.22. The van der Waals surface area contributed by atoms with Crippen LogP contribution in [0.1, 0.15) is 5.56 Å². The van der Waals surface area contributed by atoms with Crippen molar-refractivity contribution in [2.45, 2.75) is 21.6 Å². The molecule has 0 amide bonds. The number of hydrogen-bond donors (Lipinski definition) is 1. The van der Waals surface area contributed by atoms with Crippen LogP contribution in [-0.2, 0) is 10.0 Å². The van der Waals surface area contributed by atoms with Gasteiger partial charge in [0.05, 0.1) is 10.6 Å². The third-order valence-corrected chi connectivity index (χ3v) is 7.07. The molecule has 28 heavy (non-hydrogen) atoms. The van der Waals surface area contributed by atoms with E-state index in [0.717, 1.165) is 26.1 Å². The molecule has 0 aliphatic carbocycles. The summed E-state index contributed by atoms with van der Waals surface area (Å²) >= 11 is 1.63. The fourth-order valence-electron chi connectivity index (χ4n) is 3.10. The molecule has 4 aromatic rings. The Bertz CT molecular complexity index is 1220. The fourth-order valence-corrected chi connectivity index (χ4v) is 5.18. The molecule has 0 heterocycles. The van der Waals surface area contributed by atoms with Gasteiger partial charge in [-0.05, 0) is 48.2 Å². The minimum absolute atomic E-state index is 0.247. The van der Waals surface area contributed by atoms with E-state index in [2.05, 4.69) is 11.6 Å². The Morgan fingerprint density at radius 2 is 1.32 bits per heavy atom. The van der Waals surface area contributed by atoms with Gasteiger partial charge in [0.15, 0.2) is 0 Å². The topological polar surface area (TPSA) is 46.2 Å². The largest absolute Gasteiger partial charge is 0.279 e. The highest BCUT2D eigenvalue weighted by molar-refractivity contribution is 7.99. The number of anilines is 1. The van der Waals surface area contributed by atoms with Gasteiger partial charge in [-0.15, -0.1) is 0 Å². The van der Waals surface area contributed by atoms with Gasteiger partial charge in [0, 0.05) is 15.2 Å². The molecule has 0 aromatic heterocycles. The van der Waals surface area contributed by atoms with Crippen LogP contribution in [0.25, 0.3) is 10.8 Å². The molecular weight excluding hydrogens is 386 g/mol. The summed E-state index contributed by atoms with van der Waals surface area (Å²) in [7, 11) is -3.67.